The van der Waals surface area contributed by atoms with Crippen molar-refractivity contribution in [3.8, 4) is 5.19 Å². The lowest BCUT2D eigenvalue weighted by Crippen LogP contribution is -2.40. The number of rotatable bonds is 8. The van der Waals surface area contributed by atoms with E-state index in [2.05, 4.69) is 15.0 Å². The number of alkyl halides is 3. The highest BCUT2D eigenvalue weighted by atomic mass is 32.1. The first kappa shape index (κ1) is 26.1. The van der Waals surface area contributed by atoms with Gasteiger partial charge in [0.2, 0.25) is 0 Å². The molecule has 0 atom stereocenters. The molecule has 11 heteroatoms. The number of aromatic nitrogens is 3. The molecule has 200 valence electrons. The maximum Gasteiger partial charge on any atom is 0.422 e. The Morgan fingerprint density at radius 1 is 1.30 bits per heavy atom. The van der Waals surface area contributed by atoms with Crippen LogP contribution in [0.15, 0.2) is 24.4 Å². The Morgan fingerprint density at radius 3 is 2.84 bits per heavy atom. The van der Waals surface area contributed by atoms with E-state index in [1.165, 1.54) is 11.3 Å². The summed E-state index contributed by atoms with van der Waals surface area (Å²) in [5.74, 6) is 0.377. The number of nitrogens with zero attached hydrogens (tertiary/aromatic N) is 4. The van der Waals surface area contributed by atoms with Crippen molar-refractivity contribution in [2.45, 2.75) is 63.3 Å². The summed E-state index contributed by atoms with van der Waals surface area (Å²) >= 11 is 1.19. The van der Waals surface area contributed by atoms with Crippen molar-refractivity contribution in [1.29, 1.82) is 0 Å². The molecule has 3 aromatic rings. The summed E-state index contributed by atoms with van der Waals surface area (Å²) in [5, 5.41) is 16.5. The summed E-state index contributed by atoms with van der Waals surface area (Å²) < 4.78 is 43.8. The number of ether oxygens (including phenoxy) is 1. The van der Waals surface area contributed by atoms with Crippen LogP contribution in [0.1, 0.15) is 59.5 Å². The minimum Gasteiger partial charge on any atom is -0.460 e. The van der Waals surface area contributed by atoms with Crippen LogP contribution in [0, 0.1) is 5.92 Å². The molecule has 0 unspecified atom stereocenters. The average molecular weight is 537 g/mol. The molecular formula is C26H31F3N4O3S. The largest absolute Gasteiger partial charge is 0.460 e. The Labute approximate surface area is 217 Å². The van der Waals surface area contributed by atoms with Crippen LogP contribution in [0.2, 0.25) is 0 Å². The lowest BCUT2D eigenvalue weighted by atomic mass is 9.75. The van der Waals surface area contributed by atoms with Crippen LogP contribution in [-0.2, 0) is 20.0 Å². The number of hydrogen-bond acceptors (Lipinski definition) is 7. The van der Waals surface area contributed by atoms with Gasteiger partial charge in [0.15, 0.2) is 12.4 Å². The number of Topliss-reactive ketones (excluding diaryl/α,β-unsaturated/α-hetero) is 1. The van der Waals surface area contributed by atoms with E-state index in [1.807, 2.05) is 31.4 Å². The zero-order valence-corrected chi connectivity index (χ0v) is 21.6. The number of hydrogen-bond donors (Lipinski definition) is 1. The molecular weight excluding hydrogens is 505 g/mol. The van der Waals surface area contributed by atoms with Crippen molar-refractivity contribution in [2.75, 3.05) is 19.7 Å². The number of aliphatic hydroxyl groups is 1. The molecule has 3 heterocycles. The fraction of sp³-hybridized carbons (Fsp3) is 0.577. The van der Waals surface area contributed by atoms with E-state index in [0.717, 1.165) is 40.9 Å². The molecule has 2 aromatic heterocycles. The van der Waals surface area contributed by atoms with Crippen LogP contribution >= 0.6 is 11.3 Å². The van der Waals surface area contributed by atoms with E-state index in [1.54, 1.807) is 4.68 Å². The van der Waals surface area contributed by atoms with Gasteiger partial charge in [-0.1, -0.05) is 23.5 Å². The number of benzene rings is 1. The number of thiazole rings is 1. The molecule has 1 aliphatic heterocycles. The van der Waals surface area contributed by atoms with Crippen LogP contribution in [-0.4, -0.2) is 62.0 Å². The molecule has 0 radical (unpaired) electrons. The van der Waals surface area contributed by atoms with Crippen molar-refractivity contribution < 1.29 is 27.8 Å². The second kappa shape index (κ2) is 10.3. The number of ketones is 1. The van der Waals surface area contributed by atoms with Gasteiger partial charge >= 0.3 is 6.18 Å². The number of carbonyl (C=O) groups is 1. The molecule has 1 N–H and O–H groups in total. The Balaban J connectivity index is 1.09. The highest BCUT2D eigenvalue weighted by Gasteiger charge is 2.35. The third-order valence-electron chi connectivity index (χ3n) is 7.51. The standard InChI is InChI=1S/C26H31F3N4O3S/c1-32-14-19-18(3-2-4-20(19)31-32)22(34)13-17-5-8-25(35,9-6-17)10-12-33-11-7-23-21(15-33)30-24(37-23)36-16-26(27,28)29/h2-4,14,17,35H,5-13,15-16H2,1H3. The quantitative estimate of drug-likeness (QED) is 0.412. The van der Waals surface area contributed by atoms with Crippen LogP contribution < -0.4 is 4.74 Å². The maximum atomic E-state index is 13.0. The van der Waals surface area contributed by atoms with Crippen molar-refractivity contribution in [1.82, 2.24) is 19.7 Å². The molecule has 0 saturated heterocycles. The first-order chi connectivity index (χ1) is 17.6. The Morgan fingerprint density at radius 2 is 2.08 bits per heavy atom. The predicted molar refractivity (Wildman–Crippen MR) is 134 cm³/mol. The predicted octanol–water partition coefficient (Wildman–Crippen LogP) is 4.91. The Hall–Kier alpha value is -2.50. The van der Waals surface area contributed by atoms with Crippen LogP contribution in [0.4, 0.5) is 13.2 Å². The third-order valence-corrected chi connectivity index (χ3v) is 8.58. The summed E-state index contributed by atoms with van der Waals surface area (Å²) in [6.45, 7) is 0.690. The summed E-state index contributed by atoms with van der Waals surface area (Å²) in [7, 11) is 1.85. The van der Waals surface area contributed by atoms with Gasteiger partial charge in [-0.2, -0.15) is 18.3 Å². The molecule has 5 rings (SSSR count). The topological polar surface area (TPSA) is 80.5 Å². The Kier molecular flexibility index (Phi) is 7.30. The molecule has 37 heavy (non-hydrogen) atoms. The van der Waals surface area contributed by atoms with Crippen molar-refractivity contribution >= 4 is 28.0 Å². The lowest BCUT2D eigenvalue weighted by molar-refractivity contribution is -0.153. The molecule has 1 saturated carbocycles. The average Bonchev–Trinajstić information content (AvgIpc) is 3.44. The molecule has 7 nitrogen and oxygen atoms in total. The zero-order chi connectivity index (χ0) is 26.2. The number of halogens is 3. The first-order valence-electron chi connectivity index (χ1n) is 12.7. The molecule has 0 spiro atoms. The van der Waals surface area contributed by atoms with Crippen molar-refractivity contribution in [2.24, 2.45) is 13.0 Å². The second-order valence-electron chi connectivity index (χ2n) is 10.4. The van der Waals surface area contributed by atoms with Gasteiger partial charge < -0.3 is 9.84 Å². The molecule has 2 aliphatic rings. The minimum atomic E-state index is -4.38. The SMILES string of the molecule is Cn1cc2c(C(=O)CC3CCC(O)(CCN4CCc5sc(OCC(F)(F)F)nc5C4)CC3)cccc2n1. The van der Waals surface area contributed by atoms with Gasteiger partial charge in [0, 0.05) is 55.1 Å². The molecule has 1 fully saturated rings. The Bertz CT molecular complexity index is 1260. The van der Waals surface area contributed by atoms with Crippen molar-refractivity contribution in [3.63, 3.8) is 0 Å². The fourth-order valence-electron chi connectivity index (χ4n) is 5.44. The lowest BCUT2D eigenvalue weighted by Gasteiger charge is -2.38. The molecule has 0 bridgehead atoms. The van der Waals surface area contributed by atoms with Crippen LogP contribution in [0.25, 0.3) is 10.9 Å². The zero-order valence-electron chi connectivity index (χ0n) is 20.8. The molecule has 0 amide bonds. The van der Waals surface area contributed by atoms with E-state index in [9.17, 15) is 23.1 Å². The van der Waals surface area contributed by atoms with E-state index in [4.69, 9.17) is 4.74 Å². The highest BCUT2D eigenvalue weighted by molar-refractivity contribution is 7.13. The second-order valence-corrected chi connectivity index (χ2v) is 11.4. The number of carbonyl (C=O) groups excluding carboxylic acids is 1. The van der Waals surface area contributed by atoms with Gasteiger partial charge in [0.1, 0.15) is 0 Å². The highest BCUT2D eigenvalue weighted by Crippen LogP contribution is 2.38. The normalized spacial score (nSPS) is 22.8. The number of fused-ring (bicyclic) bond motifs is 2. The van der Waals surface area contributed by atoms with Gasteiger partial charge in [0.05, 0.1) is 16.8 Å². The van der Waals surface area contributed by atoms with Crippen LogP contribution in [0.5, 0.6) is 5.19 Å². The third kappa shape index (κ3) is 6.32. The smallest absolute Gasteiger partial charge is 0.422 e. The van der Waals surface area contributed by atoms with E-state index >= 15 is 0 Å². The first-order valence-corrected chi connectivity index (χ1v) is 13.5. The molecule has 1 aliphatic carbocycles. The van der Waals surface area contributed by atoms with Crippen molar-refractivity contribution in [3.05, 3.63) is 40.5 Å². The van der Waals surface area contributed by atoms with Gasteiger partial charge in [-0.3, -0.25) is 14.4 Å². The minimum absolute atomic E-state index is 0.0652. The summed E-state index contributed by atoms with van der Waals surface area (Å²) in [6, 6.07) is 5.64. The monoisotopic (exact) mass is 536 g/mol. The summed E-state index contributed by atoms with van der Waals surface area (Å²) in [5.41, 5.74) is 1.54. The summed E-state index contributed by atoms with van der Waals surface area (Å²) in [4.78, 5) is 20.5. The fourth-order valence-corrected chi connectivity index (χ4v) is 6.34. The van der Waals surface area contributed by atoms with E-state index in [-0.39, 0.29) is 16.9 Å². The van der Waals surface area contributed by atoms with E-state index < -0.39 is 18.4 Å². The van der Waals surface area contributed by atoms with Gasteiger partial charge in [-0.25, -0.2) is 4.98 Å². The van der Waals surface area contributed by atoms with Gasteiger partial charge in [0.25, 0.3) is 5.19 Å². The van der Waals surface area contributed by atoms with Gasteiger partial charge in [-0.05, 0) is 50.5 Å². The van der Waals surface area contributed by atoms with E-state index in [0.29, 0.717) is 50.8 Å². The summed E-state index contributed by atoms with van der Waals surface area (Å²) in [6.07, 6.45) is 2.25. The van der Waals surface area contributed by atoms with Crippen LogP contribution in [0.3, 0.4) is 0 Å². The molecule has 1 aromatic carbocycles. The maximum absolute atomic E-state index is 13.0. The van der Waals surface area contributed by atoms with Gasteiger partial charge in [-0.15, -0.1) is 0 Å². The number of aryl methyl sites for hydroxylation is 1.